The molecule has 1 amide bonds. The van der Waals surface area contributed by atoms with Crippen molar-refractivity contribution in [2.45, 2.75) is 19.4 Å². The highest BCUT2D eigenvalue weighted by Crippen LogP contribution is 2.03. The molecule has 0 aliphatic rings. The number of carbonyl (C=O) groups is 1. The van der Waals surface area contributed by atoms with Gasteiger partial charge in [0.15, 0.2) is 0 Å². The van der Waals surface area contributed by atoms with E-state index in [2.05, 4.69) is 5.32 Å². The summed E-state index contributed by atoms with van der Waals surface area (Å²) >= 11 is 0. The van der Waals surface area contributed by atoms with E-state index in [1.807, 2.05) is 0 Å². The molecule has 5 heteroatoms. The van der Waals surface area contributed by atoms with Crippen molar-refractivity contribution in [3.05, 3.63) is 0 Å². The van der Waals surface area contributed by atoms with Gasteiger partial charge in [0.05, 0.1) is 18.8 Å². The first kappa shape index (κ1) is 12.3. The topological polar surface area (TPSA) is 95.6 Å². The molecule has 0 aromatic rings. The third kappa shape index (κ3) is 3.71. The van der Waals surface area contributed by atoms with Crippen molar-refractivity contribution in [2.24, 2.45) is 11.7 Å². The molecule has 0 aromatic carbocycles. The highest BCUT2D eigenvalue weighted by Gasteiger charge is 2.26. The monoisotopic (exact) mass is 190 g/mol. The van der Waals surface area contributed by atoms with Gasteiger partial charge in [0.2, 0.25) is 5.91 Å². The fourth-order valence-corrected chi connectivity index (χ4v) is 0.657. The number of aliphatic hydroxyl groups is 2. The summed E-state index contributed by atoms with van der Waals surface area (Å²) < 4.78 is 0. The predicted molar refractivity (Wildman–Crippen MR) is 48.9 cm³/mol. The second-order valence-electron chi connectivity index (χ2n) is 3.50. The average Bonchev–Trinajstić information content (AvgIpc) is 2.16. The van der Waals surface area contributed by atoms with Gasteiger partial charge in [-0.15, -0.1) is 0 Å². The van der Waals surface area contributed by atoms with Crippen molar-refractivity contribution in [2.75, 3.05) is 19.8 Å². The van der Waals surface area contributed by atoms with Crippen molar-refractivity contribution < 1.29 is 15.0 Å². The van der Waals surface area contributed by atoms with Crippen LogP contribution in [0.3, 0.4) is 0 Å². The van der Waals surface area contributed by atoms with E-state index in [-0.39, 0.29) is 31.6 Å². The SMILES string of the molecule is CC(CN)C(=O)NC(C)(CO)CO. The van der Waals surface area contributed by atoms with Crippen LogP contribution in [-0.2, 0) is 4.79 Å². The molecule has 0 spiro atoms. The molecule has 0 aliphatic carbocycles. The molecule has 0 aromatic heterocycles. The fourth-order valence-electron chi connectivity index (χ4n) is 0.657. The van der Waals surface area contributed by atoms with Gasteiger partial charge in [-0.25, -0.2) is 0 Å². The van der Waals surface area contributed by atoms with Crippen LogP contribution in [0, 0.1) is 5.92 Å². The molecule has 0 bridgehead atoms. The second-order valence-corrected chi connectivity index (χ2v) is 3.50. The molecule has 1 atom stereocenters. The van der Waals surface area contributed by atoms with Crippen LogP contribution in [0.1, 0.15) is 13.8 Å². The number of aliphatic hydroxyl groups excluding tert-OH is 2. The summed E-state index contributed by atoms with van der Waals surface area (Å²) in [7, 11) is 0. The smallest absolute Gasteiger partial charge is 0.224 e. The Bertz CT molecular complexity index is 169. The highest BCUT2D eigenvalue weighted by atomic mass is 16.3. The summed E-state index contributed by atoms with van der Waals surface area (Å²) in [6, 6.07) is 0. The van der Waals surface area contributed by atoms with Crippen LogP contribution in [-0.4, -0.2) is 41.4 Å². The molecule has 5 nitrogen and oxygen atoms in total. The predicted octanol–water partition coefficient (Wildman–Crippen LogP) is -1.56. The Kier molecular flexibility index (Phi) is 4.90. The van der Waals surface area contributed by atoms with E-state index in [0.717, 1.165) is 0 Å². The molecule has 0 heterocycles. The lowest BCUT2D eigenvalue weighted by atomic mass is 10.0. The minimum absolute atomic E-state index is 0.249. The molecule has 0 radical (unpaired) electrons. The Hall–Kier alpha value is -0.650. The lowest BCUT2D eigenvalue weighted by Crippen LogP contribution is -2.53. The average molecular weight is 190 g/mol. The van der Waals surface area contributed by atoms with Gasteiger partial charge in [0, 0.05) is 12.5 Å². The van der Waals surface area contributed by atoms with E-state index in [1.54, 1.807) is 13.8 Å². The maximum absolute atomic E-state index is 11.3. The number of carbonyl (C=O) groups excluding carboxylic acids is 1. The Balaban J connectivity index is 4.17. The van der Waals surface area contributed by atoms with Crippen molar-refractivity contribution in [3.63, 3.8) is 0 Å². The Labute approximate surface area is 77.9 Å². The van der Waals surface area contributed by atoms with Crippen molar-refractivity contribution >= 4 is 5.91 Å². The third-order valence-corrected chi connectivity index (χ3v) is 1.92. The Morgan fingerprint density at radius 1 is 1.54 bits per heavy atom. The number of rotatable bonds is 5. The largest absolute Gasteiger partial charge is 0.394 e. The highest BCUT2D eigenvalue weighted by molar-refractivity contribution is 5.79. The van der Waals surface area contributed by atoms with Crippen LogP contribution in [0.5, 0.6) is 0 Å². The summed E-state index contributed by atoms with van der Waals surface area (Å²) in [6.45, 7) is 2.90. The van der Waals surface area contributed by atoms with Gasteiger partial charge in [-0.2, -0.15) is 0 Å². The molecular formula is C8H18N2O3. The van der Waals surface area contributed by atoms with E-state index in [4.69, 9.17) is 15.9 Å². The van der Waals surface area contributed by atoms with Gasteiger partial charge in [0.25, 0.3) is 0 Å². The van der Waals surface area contributed by atoms with E-state index in [0.29, 0.717) is 0 Å². The number of nitrogens with two attached hydrogens (primary N) is 1. The lowest BCUT2D eigenvalue weighted by molar-refractivity contribution is -0.127. The Morgan fingerprint density at radius 2 is 2.00 bits per heavy atom. The van der Waals surface area contributed by atoms with E-state index < -0.39 is 5.54 Å². The minimum Gasteiger partial charge on any atom is -0.394 e. The second kappa shape index (κ2) is 5.16. The van der Waals surface area contributed by atoms with Gasteiger partial charge < -0.3 is 21.3 Å². The van der Waals surface area contributed by atoms with Crippen LogP contribution >= 0.6 is 0 Å². The maximum Gasteiger partial charge on any atom is 0.224 e. The van der Waals surface area contributed by atoms with E-state index >= 15 is 0 Å². The van der Waals surface area contributed by atoms with Crippen LogP contribution in [0.25, 0.3) is 0 Å². The molecule has 0 saturated heterocycles. The van der Waals surface area contributed by atoms with E-state index in [9.17, 15) is 4.79 Å². The van der Waals surface area contributed by atoms with Gasteiger partial charge >= 0.3 is 0 Å². The summed E-state index contributed by atoms with van der Waals surface area (Å²) in [5.41, 5.74) is 4.33. The fraction of sp³-hybridized carbons (Fsp3) is 0.875. The zero-order chi connectivity index (χ0) is 10.5. The first-order valence-corrected chi connectivity index (χ1v) is 4.23. The lowest BCUT2D eigenvalue weighted by Gasteiger charge is -2.27. The van der Waals surface area contributed by atoms with Gasteiger partial charge in [-0.1, -0.05) is 6.92 Å². The molecule has 0 saturated carbocycles. The van der Waals surface area contributed by atoms with Crippen molar-refractivity contribution in [3.8, 4) is 0 Å². The summed E-state index contributed by atoms with van der Waals surface area (Å²) in [4.78, 5) is 11.3. The molecule has 0 aliphatic heterocycles. The van der Waals surface area contributed by atoms with Crippen LogP contribution in [0.4, 0.5) is 0 Å². The molecule has 13 heavy (non-hydrogen) atoms. The first-order chi connectivity index (χ1) is 5.99. The van der Waals surface area contributed by atoms with Crippen LogP contribution < -0.4 is 11.1 Å². The summed E-state index contributed by atoms with van der Waals surface area (Å²) in [5, 5.41) is 20.3. The standard InChI is InChI=1S/C8H18N2O3/c1-6(3-9)7(13)10-8(2,4-11)5-12/h6,11-12H,3-5,9H2,1-2H3,(H,10,13). The molecule has 0 fully saturated rings. The summed E-state index contributed by atoms with van der Waals surface area (Å²) in [5.74, 6) is -0.564. The number of amides is 1. The zero-order valence-electron chi connectivity index (χ0n) is 8.08. The number of hydrogen-bond acceptors (Lipinski definition) is 4. The van der Waals surface area contributed by atoms with Gasteiger partial charge in [-0.05, 0) is 6.92 Å². The van der Waals surface area contributed by atoms with E-state index in [1.165, 1.54) is 0 Å². The van der Waals surface area contributed by atoms with Crippen LogP contribution in [0.15, 0.2) is 0 Å². The zero-order valence-corrected chi connectivity index (χ0v) is 8.08. The summed E-state index contributed by atoms with van der Waals surface area (Å²) in [6.07, 6.45) is 0. The number of nitrogens with one attached hydrogen (secondary N) is 1. The molecule has 1 unspecified atom stereocenters. The minimum atomic E-state index is -0.958. The molecule has 78 valence electrons. The first-order valence-electron chi connectivity index (χ1n) is 4.23. The molecule has 5 N–H and O–H groups in total. The van der Waals surface area contributed by atoms with Crippen molar-refractivity contribution in [1.29, 1.82) is 0 Å². The quantitative estimate of drug-likeness (QED) is 0.421. The van der Waals surface area contributed by atoms with Crippen LogP contribution in [0.2, 0.25) is 0 Å². The van der Waals surface area contributed by atoms with Crippen molar-refractivity contribution in [1.82, 2.24) is 5.32 Å². The van der Waals surface area contributed by atoms with Gasteiger partial charge in [0.1, 0.15) is 0 Å². The third-order valence-electron chi connectivity index (χ3n) is 1.92. The maximum atomic E-state index is 11.3. The number of hydrogen-bond donors (Lipinski definition) is 4. The molecular weight excluding hydrogens is 172 g/mol. The van der Waals surface area contributed by atoms with Gasteiger partial charge in [-0.3, -0.25) is 4.79 Å². The normalized spacial score (nSPS) is 13.9. The Morgan fingerprint density at radius 3 is 2.31 bits per heavy atom. The molecule has 0 rings (SSSR count).